The highest BCUT2D eigenvalue weighted by molar-refractivity contribution is 5.78. The summed E-state index contributed by atoms with van der Waals surface area (Å²) in [7, 11) is 0. The predicted molar refractivity (Wildman–Crippen MR) is 144 cm³/mol. The largest absolute Gasteiger partial charge is 0.0757 e. The molecule has 168 valence electrons. The van der Waals surface area contributed by atoms with E-state index in [1.54, 1.807) is 33.4 Å². The summed E-state index contributed by atoms with van der Waals surface area (Å²) < 4.78 is 0. The van der Waals surface area contributed by atoms with Crippen LogP contribution in [0.4, 0.5) is 0 Å². The van der Waals surface area contributed by atoms with Crippen LogP contribution in [0.15, 0.2) is 109 Å². The van der Waals surface area contributed by atoms with Crippen LogP contribution in [0.1, 0.15) is 102 Å². The molecular weight excluding hydrogens is 432 g/mol. The molecule has 6 bridgehead atoms. The second-order valence-corrected chi connectivity index (χ2v) is 11.4. The fourth-order valence-corrected chi connectivity index (χ4v) is 8.91. The van der Waals surface area contributed by atoms with Crippen molar-refractivity contribution < 1.29 is 0 Å². The van der Waals surface area contributed by atoms with Gasteiger partial charge in [0.15, 0.2) is 0 Å². The molecule has 0 amide bonds. The zero-order valence-electron chi connectivity index (χ0n) is 19.9. The summed E-state index contributed by atoms with van der Waals surface area (Å²) in [5, 5.41) is 0. The first-order valence-corrected chi connectivity index (χ1v) is 13.4. The Morgan fingerprint density at radius 2 is 0.417 bits per heavy atom. The number of benzene rings is 4. The van der Waals surface area contributed by atoms with Gasteiger partial charge in [0.1, 0.15) is 0 Å². The number of rotatable bonds is 0. The molecule has 0 fully saturated rings. The molecule has 0 saturated heterocycles. The Morgan fingerprint density at radius 1 is 0.250 bits per heavy atom. The lowest BCUT2D eigenvalue weighted by molar-refractivity contribution is 0.688. The smallest absolute Gasteiger partial charge is 0.0279 e. The van der Waals surface area contributed by atoms with E-state index in [0.717, 1.165) is 0 Å². The van der Waals surface area contributed by atoms with Crippen molar-refractivity contribution in [3.63, 3.8) is 0 Å². The Morgan fingerprint density at radius 3 is 0.583 bits per heavy atom. The molecular formula is C36H24. The van der Waals surface area contributed by atoms with E-state index in [0.29, 0.717) is 35.5 Å². The topological polar surface area (TPSA) is 0 Å². The molecule has 0 aliphatic heterocycles. The first-order chi connectivity index (χ1) is 17.9. The minimum Gasteiger partial charge on any atom is -0.0757 e. The first-order valence-electron chi connectivity index (χ1n) is 13.4. The third-order valence-corrected chi connectivity index (χ3v) is 10.1. The fraction of sp³-hybridized carbons (Fsp3) is 0.167. The molecule has 4 aromatic carbocycles. The van der Waals surface area contributed by atoms with Gasteiger partial charge < -0.3 is 0 Å². The van der Waals surface area contributed by atoms with Crippen LogP contribution in [0.2, 0.25) is 0 Å². The monoisotopic (exact) mass is 456 g/mol. The summed E-state index contributed by atoms with van der Waals surface area (Å²) in [6.07, 6.45) is 15.1. The average Bonchev–Trinajstić information content (AvgIpc) is 2.97. The summed E-state index contributed by atoms with van der Waals surface area (Å²) in [6, 6.07) is 27.7. The Hall–Kier alpha value is -3.90. The van der Waals surface area contributed by atoms with Crippen LogP contribution < -0.4 is 0 Å². The van der Waals surface area contributed by atoms with E-state index in [2.05, 4.69) is 109 Å². The normalized spacial score (nSPS) is 29.3. The Labute approximate surface area is 211 Å². The van der Waals surface area contributed by atoms with Crippen LogP contribution in [0.5, 0.6) is 0 Å². The summed E-state index contributed by atoms with van der Waals surface area (Å²) >= 11 is 0. The van der Waals surface area contributed by atoms with Crippen LogP contribution in [0.25, 0.3) is 0 Å². The Bertz CT molecular complexity index is 1420. The molecule has 0 aromatic heterocycles. The first kappa shape index (κ1) is 18.4. The van der Waals surface area contributed by atoms with Crippen LogP contribution in [-0.2, 0) is 0 Å². The van der Waals surface area contributed by atoms with Gasteiger partial charge in [0, 0.05) is 35.5 Å². The molecule has 6 atom stereocenters. The maximum Gasteiger partial charge on any atom is 0.0279 e. The maximum absolute atomic E-state index is 2.52. The Kier molecular flexibility index (Phi) is 3.10. The quantitative estimate of drug-likeness (QED) is 0.234. The molecule has 9 aliphatic carbocycles. The summed E-state index contributed by atoms with van der Waals surface area (Å²) in [5.41, 5.74) is 19.0. The van der Waals surface area contributed by atoms with E-state index in [-0.39, 0.29) is 0 Å². The van der Waals surface area contributed by atoms with Crippen LogP contribution in [0.3, 0.4) is 0 Å². The Balaban J connectivity index is 1.38. The second-order valence-electron chi connectivity index (χ2n) is 11.4. The lowest BCUT2D eigenvalue weighted by Crippen LogP contribution is -2.35. The van der Waals surface area contributed by atoms with Crippen LogP contribution >= 0.6 is 0 Å². The zero-order valence-corrected chi connectivity index (χ0v) is 19.9. The van der Waals surface area contributed by atoms with Crippen molar-refractivity contribution in [3.05, 3.63) is 176 Å². The molecule has 0 nitrogen and oxygen atoms in total. The molecule has 4 aromatic rings. The fourth-order valence-electron chi connectivity index (χ4n) is 8.91. The van der Waals surface area contributed by atoms with E-state index < -0.39 is 0 Å². The van der Waals surface area contributed by atoms with Gasteiger partial charge in [0.2, 0.25) is 0 Å². The maximum atomic E-state index is 2.52. The third kappa shape index (κ3) is 1.89. The lowest BCUT2D eigenvalue weighted by Gasteiger charge is -2.50. The van der Waals surface area contributed by atoms with E-state index in [1.807, 2.05) is 0 Å². The van der Waals surface area contributed by atoms with Crippen molar-refractivity contribution in [2.75, 3.05) is 0 Å². The molecule has 9 aliphatic rings. The minimum atomic E-state index is 0.361. The molecule has 36 heavy (non-hydrogen) atoms. The van der Waals surface area contributed by atoms with Crippen molar-refractivity contribution in [3.8, 4) is 0 Å². The molecule has 13 rings (SSSR count). The lowest BCUT2D eigenvalue weighted by atomic mass is 9.53. The van der Waals surface area contributed by atoms with Crippen molar-refractivity contribution in [1.29, 1.82) is 0 Å². The van der Waals surface area contributed by atoms with Crippen LogP contribution in [0, 0.1) is 0 Å². The second kappa shape index (κ2) is 6.08. The molecule has 0 spiro atoms. The minimum absolute atomic E-state index is 0.361. The standard InChI is InChI=1S/C36H24/c1-2-8-20-19(7-1)25-13-14-26(20)32-31(25)33-27-15-16-29(22-10-4-3-9-21(22)27)35(33)36-30-18-17-28(34(32)36)23-11-5-6-12-24(23)30/h1-18,25-30H/t25-,26+,27+,28-,29-,30+. The van der Waals surface area contributed by atoms with Crippen LogP contribution in [-0.4, -0.2) is 0 Å². The van der Waals surface area contributed by atoms with Crippen molar-refractivity contribution >= 4 is 0 Å². The molecule has 0 unspecified atom stereocenters. The van der Waals surface area contributed by atoms with Gasteiger partial charge >= 0.3 is 0 Å². The number of hydrogen-bond acceptors (Lipinski definition) is 0. The van der Waals surface area contributed by atoms with Gasteiger partial charge in [-0.05, 0) is 66.8 Å². The van der Waals surface area contributed by atoms with Gasteiger partial charge in [0.05, 0.1) is 0 Å². The number of hydrogen-bond donors (Lipinski definition) is 0. The third-order valence-electron chi connectivity index (χ3n) is 10.1. The van der Waals surface area contributed by atoms with Gasteiger partial charge in [-0.3, -0.25) is 0 Å². The van der Waals surface area contributed by atoms with E-state index >= 15 is 0 Å². The molecule has 0 N–H and O–H groups in total. The summed E-state index contributed by atoms with van der Waals surface area (Å²) in [6.45, 7) is 0. The zero-order chi connectivity index (χ0) is 23.1. The van der Waals surface area contributed by atoms with Gasteiger partial charge in [-0.1, -0.05) is 109 Å². The van der Waals surface area contributed by atoms with E-state index in [4.69, 9.17) is 0 Å². The van der Waals surface area contributed by atoms with E-state index in [1.165, 1.54) is 33.4 Å². The average molecular weight is 457 g/mol. The SMILES string of the molecule is C1=C[C@H]2c3ccccc3[C@@H]1c1c2c2c(c3c1[C@H]1C=C[C@@H]3c3ccccc31)[C@H]1C=C[C@@H]2c2ccccc21. The van der Waals surface area contributed by atoms with Crippen molar-refractivity contribution in [2.45, 2.75) is 35.5 Å². The highest BCUT2D eigenvalue weighted by atomic mass is 14.5. The molecule has 0 radical (unpaired) electrons. The van der Waals surface area contributed by atoms with Gasteiger partial charge in [0.25, 0.3) is 0 Å². The van der Waals surface area contributed by atoms with E-state index in [9.17, 15) is 0 Å². The highest BCUT2D eigenvalue weighted by Gasteiger charge is 2.49. The summed E-state index contributed by atoms with van der Waals surface area (Å²) in [5.74, 6) is 2.17. The van der Waals surface area contributed by atoms with Gasteiger partial charge in [-0.25, -0.2) is 0 Å². The van der Waals surface area contributed by atoms with Crippen molar-refractivity contribution in [2.24, 2.45) is 0 Å². The van der Waals surface area contributed by atoms with Gasteiger partial charge in [-0.2, -0.15) is 0 Å². The predicted octanol–water partition coefficient (Wildman–Crippen LogP) is 8.13. The highest BCUT2D eigenvalue weighted by Crippen LogP contribution is 2.64. The summed E-state index contributed by atoms with van der Waals surface area (Å²) in [4.78, 5) is 0. The number of allylic oxidation sites excluding steroid dienone is 6. The van der Waals surface area contributed by atoms with Crippen molar-refractivity contribution in [1.82, 2.24) is 0 Å². The molecule has 0 heterocycles. The van der Waals surface area contributed by atoms with Gasteiger partial charge in [-0.15, -0.1) is 0 Å². The molecule has 0 saturated carbocycles. The molecule has 0 heteroatoms.